The minimum Gasteiger partial charge on any atom is -0.322 e. The molecule has 4 aromatic rings. The summed E-state index contributed by atoms with van der Waals surface area (Å²) in [5.41, 5.74) is 4.22. The molecule has 0 saturated heterocycles. The zero-order valence-corrected chi connectivity index (χ0v) is 15.2. The number of aryl methyl sites for hydroxylation is 1. The fourth-order valence-corrected chi connectivity index (χ4v) is 3.22. The van der Waals surface area contributed by atoms with Gasteiger partial charge < -0.3 is 5.32 Å². The Bertz CT molecular complexity index is 1180. The first-order valence-corrected chi connectivity index (χ1v) is 8.99. The van der Waals surface area contributed by atoms with E-state index in [1.54, 1.807) is 18.2 Å². The maximum atomic E-state index is 12.4. The van der Waals surface area contributed by atoms with Crippen LogP contribution in [0.25, 0.3) is 22.3 Å². The van der Waals surface area contributed by atoms with Crippen molar-refractivity contribution < 1.29 is 4.79 Å². The number of hydrogen-bond donors (Lipinski definition) is 1. The fourth-order valence-electron chi connectivity index (χ4n) is 2.67. The second kappa shape index (κ2) is 7.08. The minimum atomic E-state index is -0.355. The minimum absolute atomic E-state index is 0.188. The topological polar surface area (TPSA) is 89.8 Å². The lowest BCUT2D eigenvalue weighted by Gasteiger charge is -2.09. The highest BCUT2D eigenvalue weighted by atomic mass is 32.1. The Morgan fingerprint density at radius 1 is 1.07 bits per heavy atom. The van der Waals surface area contributed by atoms with Gasteiger partial charge in [0.2, 0.25) is 5.91 Å². The molecule has 2 aromatic heterocycles. The Balaban J connectivity index is 1.57. The number of amides is 1. The van der Waals surface area contributed by atoms with Crippen LogP contribution in [0, 0.1) is 6.92 Å². The molecule has 7 nitrogen and oxygen atoms in total. The first kappa shape index (κ1) is 17.0. The molecule has 8 heteroatoms. The van der Waals surface area contributed by atoms with E-state index in [0.717, 1.165) is 33.1 Å². The number of hydrogen-bond acceptors (Lipinski definition) is 6. The van der Waals surface area contributed by atoms with E-state index in [1.807, 2.05) is 37.3 Å². The zero-order chi connectivity index (χ0) is 18.8. The van der Waals surface area contributed by atoms with Gasteiger partial charge in [-0.25, -0.2) is 4.68 Å². The molecular formula is C19H15N5O2S. The van der Waals surface area contributed by atoms with Crippen LogP contribution in [0.15, 0.2) is 59.4 Å². The highest BCUT2D eigenvalue weighted by Crippen LogP contribution is 2.21. The second-order valence-electron chi connectivity index (χ2n) is 6.07. The molecule has 1 N–H and O–H groups in total. The predicted octanol–water partition coefficient (Wildman–Crippen LogP) is 2.86. The van der Waals surface area contributed by atoms with Crippen molar-refractivity contribution in [1.29, 1.82) is 0 Å². The normalized spacial score (nSPS) is 10.9. The van der Waals surface area contributed by atoms with Gasteiger partial charge in [0.1, 0.15) is 17.6 Å². The van der Waals surface area contributed by atoms with Gasteiger partial charge in [-0.05, 0) is 25.1 Å². The molecule has 0 atom stereocenters. The number of nitrogens with zero attached hydrogens (tertiary/aromatic N) is 4. The molecule has 2 aromatic carbocycles. The molecule has 0 spiro atoms. The van der Waals surface area contributed by atoms with E-state index in [4.69, 9.17) is 0 Å². The Labute approximate surface area is 158 Å². The van der Waals surface area contributed by atoms with Crippen molar-refractivity contribution in [3.63, 3.8) is 0 Å². The van der Waals surface area contributed by atoms with Crippen LogP contribution >= 0.6 is 11.7 Å². The lowest BCUT2D eigenvalue weighted by molar-refractivity contribution is -0.117. The van der Waals surface area contributed by atoms with Crippen LogP contribution in [0.4, 0.5) is 5.69 Å². The van der Waals surface area contributed by atoms with E-state index in [2.05, 4.69) is 19.2 Å². The van der Waals surface area contributed by atoms with Gasteiger partial charge in [0.05, 0.1) is 23.1 Å². The monoisotopic (exact) mass is 377 g/mol. The van der Waals surface area contributed by atoms with Crippen LogP contribution in [-0.2, 0) is 11.3 Å². The lowest BCUT2D eigenvalue weighted by Crippen LogP contribution is -2.29. The fraction of sp³-hybridized carbons (Fsp3) is 0.105. The first-order chi connectivity index (χ1) is 13.1. The quantitative estimate of drug-likeness (QED) is 0.591. The van der Waals surface area contributed by atoms with E-state index in [0.29, 0.717) is 16.9 Å². The van der Waals surface area contributed by atoms with Crippen molar-refractivity contribution in [3.8, 4) is 11.3 Å². The van der Waals surface area contributed by atoms with E-state index in [-0.39, 0.29) is 18.0 Å². The van der Waals surface area contributed by atoms with Crippen molar-refractivity contribution in [2.24, 2.45) is 0 Å². The molecule has 0 fully saturated rings. The SMILES string of the molecule is Cc1ccc(-c2ccc(=O)n(CC(=O)Nc3cccc4nsnc34)n2)cc1. The Morgan fingerprint density at radius 3 is 2.70 bits per heavy atom. The van der Waals surface area contributed by atoms with Gasteiger partial charge in [0.25, 0.3) is 5.56 Å². The summed E-state index contributed by atoms with van der Waals surface area (Å²) in [5, 5.41) is 7.10. The average Bonchev–Trinajstić information content (AvgIpc) is 3.14. The number of carbonyl (C=O) groups excluding carboxylic acids is 1. The summed E-state index contributed by atoms with van der Waals surface area (Å²) in [4.78, 5) is 24.6. The van der Waals surface area contributed by atoms with Gasteiger partial charge >= 0.3 is 0 Å². The van der Waals surface area contributed by atoms with Gasteiger partial charge in [0, 0.05) is 11.6 Å². The molecule has 0 radical (unpaired) electrons. The Kier molecular flexibility index (Phi) is 4.47. The molecular weight excluding hydrogens is 362 g/mol. The van der Waals surface area contributed by atoms with Gasteiger partial charge in [-0.15, -0.1) is 0 Å². The molecule has 2 heterocycles. The molecule has 4 rings (SSSR count). The third kappa shape index (κ3) is 3.61. The molecule has 0 unspecified atom stereocenters. The molecule has 0 aliphatic carbocycles. The molecule has 0 saturated carbocycles. The summed E-state index contributed by atoms with van der Waals surface area (Å²) in [5.74, 6) is -0.355. The Hall–Kier alpha value is -3.39. The number of carbonyl (C=O) groups is 1. The highest BCUT2D eigenvalue weighted by Gasteiger charge is 2.11. The van der Waals surface area contributed by atoms with Crippen LogP contribution in [0.5, 0.6) is 0 Å². The molecule has 0 aliphatic rings. The molecule has 27 heavy (non-hydrogen) atoms. The summed E-state index contributed by atoms with van der Waals surface area (Å²) in [6, 6.07) is 16.3. The third-order valence-electron chi connectivity index (χ3n) is 4.07. The number of benzene rings is 2. The molecule has 0 aliphatic heterocycles. The second-order valence-corrected chi connectivity index (χ2v) is 6.59. The van der Waals surface area contributed by atoms with Crippen molar-refractivity contribution in [2.45, 2.75) is 13.5 Å². The molecule has 0 bridgehead atoms. The largest absolute Gasteiger partial charge is 0.322 e. The van der Waals surface area contributed by atoms with E-state index < -0.39 is 0 Å². The van der Waals surface area contributed by atoms with Gasteiger partial charge in [-0.3, -0.25) is 9.59 Å². The lowest BCUT2D eigenvalue weighted by atomic mass is 10.1. The number of anilines is 1. The van der Waals surface area contributed by atoms with Gasteiger partial charge in [-0.1, -0.05) is 35.9 Å². The highest BCUT2D eigenvalue weighted by molar-refractivity contribution is 7.00. The van der Waals surface area contributed by atoms with E-state index in [1.165, 1.54) is 6.07 Å². The van der Waals surface area contributed by atoms with E-state index >= 15 is 0 Å². The number of aromatic nitrogens is 4. The number of rotatable bonds is 4. The standard InChI is InChI=1S/C19H15N5O2S/c1-12-5-7-13(8-6-12)14-9-10-18(26)24(21-14)11-17(25)20-15-3-2-4-16-19(15)23-27-22-16/h2-10H,11H2,1H3,(H,20,25). The maximum Gasteiger partial charge on any atom is 0.267 e. The summed E-state index contributed by atoms with van der Waals surface area (Å²) in [6.45, 7) is 1.81. The Morgan fingerprint density at radius 2 is 1.89 bits per heavy atom. The van der Waals surface area contributed by atoms with Crippen LogP contribution in [0.1, 0.15) is 5.56 Å². The third-order valence-corrected chi connectivity index (χ3v) is 4.61. The van der Waals surface area contributed by atoms with Crippen LogP contribution < -0.4 is 10.9 Å². The number of nitrogens with one attached hydrogen (secondary N) is 1. The van der Waals surface area contributed by atoms with Gasteiger partial charge in [0.15, 0.2) is 0 Å². The average molecular weight is 377 g/mol. The molecule has 134 valence electrons. The van der Waals surface area contributed by atoms with Crippen LogP contribution in [0.2, 0.25) is 0 Å². The summed E-state index contributed by atoms with van der Waals surface area (Å²) >= 11 is 1.08. The first-order valence-electron chi connectivity index (χ1n) is 8.26. The van der Waals surface area contributed by atoms with E-state index in [9.17, 15) is 9.59 Å². The van der Waals surface area contributed by atoms with Crippen LogP contribution in [0.3, 0.4) is 0 Å². The number of fused-ring (bicyclic) bond motifs is 1. The van der Waals surface area contributed by atoms with Crippen molar-refractivity contribution >= 4 is 34.4 Å². The molecule has 1 amide bonds. The van der Waals surface area contributed by atoms with Crippen molar-refractivity contribution in [2.75, 3.05) is 5.32 Å². The summed E-state index contributed by atoms with van der Waals surface area (Å²) in [6.07, 6.45) is 0. The predicted molar refractivity (Wildman–Crippen MR) is 105 cm³/mol. The van der Waals surface area contributed by atoms with Crippen LogP contribution in [-0.4, -0.2) is 24.4 Å². The smallest absolute Gasteiger partial charge is 0.267 e. The van der Waals surface area contributed by atoms with Crippen molar-refractivity contribution in [1.82, 2.24) is 18.5 Å². The maximum absolute atomic E-state index is 12.4. The van der Waals surface area contributed by atoms with Crippen molar-refractivity contribution in [3.05, 3.63) is 70.5 Å². The van der Waals surface area contributed by atoms with Gasteiger partial charge in [-0.2, -0.15) is 13.8 Å². The summed E-state index contributed by atoms with van der Waals surface area (Å²) < 4.78 is 9.49. The summed E-state index contributed by atoms with van der Waals surface area (Å²) in [7, 11) is 0. The zero-order valence-electron chi connectivity index (χ0n) is 14.4.